The Morgan fingerprint density at radius 3 is 2.59 bits per heavy atom. The second kappa shape index (κ2) is 7.09. The Morgan fingerprint density at radius 2 is 2.15 bits per heavy atom. The number of nitrogens with two attached hydrogens (primary N) is 1. The molecule has 1 saturated heterocycles. The molecule has 0 spiro atoms. The van der Waals surface area contributed by atoms with Gasteiger partial charge >= 0.3 is 16.3 Å². The zero-order valence-electron chi connectivity index (χ0n) is 13.9. The van der Waals surface area contributed by atoms with E-state index in [4.69, 9.17) is 20.2 Å². The molecule has 1 fully saturated rings. The minimum atomic E-state index is -4.71. The highest BCUT2D eigenvalue weighted by molar-refractivity contribution is 7.84. The van der Waals surface area contributed by atoms with Crippen molar-refractivity contribution in [2.75, 3.05) is 12.3 Å². The van der Waals surface area contributed by atoms with Gasteiger partial charge in [-0.15, -0.1) is 11.3 Å². The van der Waals surface area contributed by atoms with Crippen molar-refractivity contribution in [2.45, 2.75) is 25.5 Å². The summed E-state index contributed by atoms with van der Waals surface area (Å²) in [5.41, 5.74) is 3.25. The largest absolute Gasteiger partial charge is 0.478 e. The van der Waals surface area contributed by atoms with Gasteiger partial charge < -0.3 is 21.0 Å². The van der Waals surface area contributed by atoms with Gasteiger partial charge in [0.15, 0.2) is 10.8 Å². The van der Waals surface area contributed by atoms with E-state index in [1.807, 2.05) is 0 Å². The van der Waals surface area contributed by atoms with Crippen LogP contribution in [-0.4, -0.2) is 69.0 Å². The quantitative estimate of drug-likeness (QED) is 0.172. The summed E-state index contributed by atoms with van der Waals surface area (Å²) in [6.45, 7) is 1.92. The van der Waals surface area contributed by atoms with Gasteiger partial charge in [0.2, 0.25) is 5.60 Å². The lowest BCUT2D eigenvalue weighted by atomic mass is 10.1. The molecule has 0 bridgehead atoms. The highest BCUT2D eigenvalue weighted by Crippen LogP contribution is 2.17. The fourth-order valence-corrected chi connectivity index (χ4v) is 2.98. The predicted octanol–water partition coefficient (Wildman–Crippen LogP) is -1.56. The SMILES string of the molecule is CC(C)(O/N=C(\C(=O)N[C@H]1CN(S(=O)(=O)O)C1=O)c1csc(N)n1)C(=O)O. The van der Waals surface area contributed by atoms with Crippen LogP contribution in [-0.2, 0) is 29.5 Å². The molecule has 0 aromatic carbocycles. The van der Waals surface area contributed by atoms with Crippen LogP contribution >= 0.6 is 11.3 Å². The molecule has 1 aromatic rings. The van der Waals surface area contributed by atoms with E-state index in [9.17, 15) is 22.8 Å². The third-order valence-corrected chi connectivity index (χ3v) is 4.90. The van der Waals surface area contributed by atoms with E-state index in [2.05, 4.69) is 15.5 Å². The van der Waals surface area contributed by atoms with Crippen molar-refractivity contribution in [1.29, 1.82) is 0 Å². The van der Waals surface area contributed by atoms with Crippen LogP contribution in [0, 0.1) is 0 Å². The van der Waals surface area contributed by atoms with Crippen LogP contribution in [0.25, 0.3) is 0 Å². The smallest absolute Gasteiger partial charge is 0.362 e. The summed E-state index contributed by atoms with van der Waals surface area (Å²) >= 11 is 0.979. The molecule has 15 heteroatoms. The number of aliphatic carboxylic acids is 1. The summed E-state index contributed by atoms with van der Waals surface area (Å²) < 4.78 is 30.8. The minimum absolute atomic E-state index is 0.0328. The van der Waals surface area contributed by atoms with Crippen LogP contribution in [0.5, 0.6) is 0 Å². The van der Waals surface area contributed by atoms with Crippen molar-refractivity contribution in [3.8, 4) is 0 Å². The molecule has 1 aliphatic heterocycles. The number of nitrogens with zero attached hydrogens (tertiary/aromatic N) is 3. The van der Waals surface area contributed by atoms with E-state index >= 15 is 0 Å². The summed E-state index contributed by atoms with van der Waals surface area (Å²) in [4.78, 5) is 44.0. The Balaban J connectivity index is 2.20. The number of carboxylic acids is 1. The second-order valence-corrected chi connectivity index (χ2v) is 8.02. The molecule has 13 nitrogen and oxygen atoms in total. The Kier molecular flexibility index (Phi) is 5.39. The topological polar surface area (TPSA) is 202 Å². The van der Waals surface area contributed by atoms with Crippen molar-refractivity contribution in [1.82, 2.24) is 14.6 Å². The first-order valence-electron chi connectivity index (χ1n) is 7.13. The monoisotopic (exact) mass is 421 g/mol. The number of β-lactam (4-membered cyclic amide) rings is 1. The number of rotatable bonds is 7. The molecule has 2 heterocycles. The maximum Gasteiger partial charge on any atom is 0.362 e. The number of hydrogen-bond acceptors (Lipinski definition) is 10. The number of hydrogen-bond donors (Lipinski definition) is 4. The highest BCUT2D eigenvalue weighted by atomic mass is 32.2. The summed E-state index contributed by atoms with van der Waals surface area (Å²) in [5.74, 6) is -3.37. The number of carbonyl (C=O) groups excluding carboxylic acids is 2. The number of carboxylic acid groups (broad SMARTS) is 1. The second-order valence-electron chi connectivity index (χ2n) is 5.79. The molecule has 0 unspecified atom stereocenters. The lowest BCUT2D eigenvalue weighted by molar-refractivity contribution is -0.161. The number of nitrogen functional groups attached to an aromatic ring is 1. The van der Waals surface area contributed by atoms with Gasteiger partial charge in [0.05, 0.1) is 6.54 Å². The third kappa shape index (κ3) is 4.50. The van der Waals surface area contributed by atoms with Crippen LogP contribution in [0.2, 0.25) is 0 Å². The molecule has 0 radical (unpaired) electrons. The van der Waals surface area contributed by atoms with Crippen LogP contribution in [0.15, 0.2) is 10.5 Å². The molecule has 0 saturated carbocycles. The molecular weight excluding hydrogens is 406 g/mol. The van der Waals surface area contributed by atoms with Gasteiger partial charge in [0, 0.05) is 5.38 Å². The predicted molar refractivity (Wildman–Crippen MR) is 91.1 cm³/mol. The zero-order valence-corrected chi connectivity index (χ0v) is 15.6. The highest BCUT2D eigenvalue weighted by Gasteiger charge is 2.45. The first-order chi connectivity index (χ1) is 12.3. The first-order valence-corrected chi connectivity index (χ1v) is 9.41. The molecule has 5 N–H and O–H groups in total. The van der Waals surface area contributed by atoms with Gasteiger partial charge in [0.25, 0.3) is 11.8 Å². The van der Waals surface area contributed by atoms with E-state index in [0.29, 0.717) is 0 Å². The number of carbonyl (C=O) groups is 3. The van der Waals surface area contributed by atoms with Crippen LogP contribution in [0.1, 0.15) is 19.5 Å². The summed E-state index contributed by atoms with van der Waals surface area (Å²) in [6, 6.07) is -1.23. The van der Waals surface area contributed by atoms with Gasteiger partial charge in [-0.1, -0.05) is 5.16 Å². The van der Waals surface area contributed by atoms with E-state index < -0.39 is 52.0 Å². The molecule has 1 atom stereocenters. The number of oxime groups is 1. The number of nitrogens with one attached hydrogen (secondary N) is 1. The Morgan fingerprint density at radius 1 is 1.52 bits per heavy atom. The summed E-state index contributed by atoms with van der Waals surface area (Å²) in [7, 11) is -4.71. The molecular formula is C12H15N5O8S2. The molecule has 2 rings (SSSR count). The fourth-order valence-electron chi connectivity index (χ4n) is 1.74. The van der Waals surface area contributed by atoms with Gasteiger partial charge in [-0.05, 0) is 13.8 Å². The first kappa shape index (κ1) is 20.5. The fraction of sp³-hybridized carbons (Fsp3) is 0.417. The lowest BCUT2D eigenvalue weighted by Crippen LogP contribution is -2.65. The normalized spacial score (nSPS) is 18.0. The molecule has 1 aromatic heterocycles. The maximum atomic E-state index is 12.4. The van der Waals surface area contributed by atoms with Gasteiger partial charge in [-0.3, -0.25) is 14.1 Å². The van der Waals surface area contributed by atoms with Crippen LogP contribution in [0.3, 0.4) is 0 Å². The molecule has 2 amide bonds. The van der Waals surface area contributed by atoms with Gasteiger partial charge in [-0.25, -0.2) is 14.1 Å². The van der Waals surface area contributed by atoms with Gasteiger partial charge in [0.1, 0.15) is 11.7 Å². The van der Waals surface area contributed by atoms with Crippen LogP contribution < -0.4 is 11.1 Å². The average molecular weight is 421 g/mol. The zero-order chi connectivity index (χ0) is 20.6. The molecule has 27 heavy (non-hydrogen) atoms. The van der Waals surface area contributed by atoms with E-state index in [1.165, 1.54) is 19.2 Å². The Bertz CT molecular complexity index is 922. The molecule has 0 aliphatic carbocycles. The Hall–Kier alpha value is -2.78. The number of thiazole rings is 1. The molecule has 148 valence electrons. The molecule has 1 aliphatic rings. The number of anilines is 1. The maximum absolute atomic E-state index is 12.4. The van der Waals surface area contributed by atoms with Crippen LogP contribution in [0.4, 0.5) is 5.13 Å². The van der Waals surface area contributed by atoms with E-state index in [0.717, 1.165) is 11.3 Å². The van der Waals surface area contributed by atoms with E-state index in [-0.39, 0.29) is 15.1 Å². The number of aromatic nitrogens is 1. The van der Waals surface area contributed by atoms with Crippen molar-refractivity contribution in [2.24, 2.45) is 5.16 Å². The Labute approximate surface area is 156 Å². The average Bonchev–Trinajstić information content (AvgIpc) is 2.95. The number of amides is 2. The van der Waals surface area contributed by atoms with Crippen molar-refractivity contribution in [3.63, 3.8) is 0 Å². The van der Waals surface area contributed by atoms with Crippen molar-refractivity contribution in [3.05, 3.63) is 11.1 Å². The minimum Gasteiger partial charge on any atom is -0.478 e. The standard InChI is InChI=1S/C12H15N5O8S2/c1-12(2,10(20)21)25-16-7(6-4-26-11(13)15-6)8(18)14-5-3-17(9(5)19)27(22,23)24/h4-5H,3H2,1-2H3,(H2,13,15)(H,14,18)(H,20,21)(H,22,23,24)/b16-7-/t5-/m0/s1. The van der Waals surface area contributed by atoms with Crippen molar-refractivity contribution < 1.29 is 37.3 Å². The third-order valence-electron chi connectivity index (χ3n) is 3.34. The summed E-state index contributed by atoms with van der Waals surface area (Å²) in [6.07, 6.45) is 0. The van der Waals surface area contributed by atoms with Gasteiger partial charge in [-0.2, -0.15) is 8.42 Å². The van der Waals surface area contributed by atoms with E-state index in [1.54, 1.807) is 0 Å². The lowest BCUT2D eigenvalue weighted by Gasteiger charge is -2.35. The van der Waals surface area contributed by atoms with Crippen molar-refractivity contribution >= 4 is 50.3 Å². The summed E-state index contributed by atoms with van der Waals surface area (Å²) in [5, 5.41) is 16.2.